The van der Waals surface area contributed by atoms with Crippen LogP contribution in [0.25, 0.3) is 136 Å². The van der Waals surface area contributed by atoms with Gasteiger partial charge in [-0.3, -0.25) is 0 Å². The highest BCUT2D eigenvalue weighted by atomic mass is 32.1. The number of phenolic OH excluding ortho intramolecular Hbond substituents is 5. The lowest BCUT2D eigenvalue weighted by atomic mass is 9.98. The Bertz CT molecular complexity index is 4540. The number of aromatic nitrogens is 4. The molecule has 0 amide bonds. The number of phenols is 5. The van der Waals surface area contributed by atoms with Crippen LogP contribution in [-0.2, 0) is 0 Å². The van der Waals surface area contributed by atoms with Crippen molar-refractivity contribution in [2.24, 2.45) is 0 Å². The van der Waals surface area contributed by atoms with Crippen molar-refractivity contribution in [3.05, 3.63) is 176 Å². The molecular weight excluding hydrogens is 893 g/mol. The van der Waals surface area contributed by atoms with Crippen LogP contribution in [0.15, 0.2) is 180 Å². The van der Waals surface area contributed by atoms with Gasteiger partial charge in [-0.05, 0) is 81.2 Å². The maximum atomic E-state index is 11.1. The number of fused-ring (bicyclic) bond motifs is 12. The SMILES string of the molecule is Oc1c(O)c(O)c(-c2nc(-c3ccc4c(ccc5ccccc54)c3)nc(-c3ccc4c(c3)sc3c(-n5c6ccccc6c6c(-c7ccc8c(c7)oc7ccccc78)cccc65)cccc34)n2)c(O)c1O. The summed E-state index contributed by atoms with van der Waals surface area (Å²) in [5, 5.41) is 64.4. The number of rotatable bonds is 5. The molecule has 10 aromatic carbocycles. The first-order chi connectivity index (χ1) is 34.3. The fourth-order valence-corrected chi connectivity index (χ4v) is 11.6. The standard InChI is InChI=1S/C59H34N4O6S/c64-51-50(52(65)54(67)55(68)53(51)66)59-61-57(33-22-24-36-31(27-33)20-19-30-9-1-2-10-35(30)36)60-58(62-59)34-23-26-40-41-14-8-17-45(56(41)70-48(40)29-34)63-43-15-5-3-12-42(43)49-37(13-7-16-44(49)63)32-21-25-39-38-11-4-6-18-46(38)69-47(39)28-32/h1-29,64-68H. The van der Waals surface area contributed by atoms with Crippen molar-refractivity contribution in [3.63, 3.8) is 0 Å². The van der Waals surface area contributed by atoms with Gasteiger partial charge in [-0.15, -0.1) is 11.3 Å². The summed E-state index contributed by atoms with van der Waals surface area (Å²) in [6, 6.07) is 60.1. The molecule has 0 saturated carbocycles. The quantitative estimate of drug-likeness (QED) is 0.0644. The predicted molar refractivity (Wildman–Crippen MR) is 279 cm³/mol. The molecule has 10 nitrogen and oxygen atoms in total. The predicted octanol–water partition coefficient (Wildman–Crippen LogP) is 14.7. The van der Waals surface area contributed by atoms with Crippen molar-refractivity contribution in [3.8, 4) is 79.7 Å². The topological polar surface area (TPSA) is 158 Å². The Morgan fingerprint density at radius 3 is 1.81 bits per heavy atom. The van der Waals surface area contributed by atoms with E-state index in [0.29, 0.717) is 11.1 Å². The minimum absolute atomic E-state index is 0.208. The molecule has 0 saturated heterocycles. The molecule has 0 bridgehead atoms. The summed E-state index contributed by atoms with van der Waals surface area (Å²) in [4.78, 5) is 14.4. The molecular formula is C59H34N4O6S. The van der Waals surface area contributed by atoms with Gasteiger partial charge >= 0.3 is 0 Å². The lowest BCUT2D eigenvalue weighted by molar-refractivity contribution is 0.329. The van der Waals surface area contributed by atoms with Gasteiger partial charge in [-0.1, -0.05) is 127 Å². The summed E-state index contributed by atoms with van der Waals surface area (Å²) in [5.74, 6) is -4.76. The van der Waals surface area contributed by atoms with E-state index >= 15 is 0 Å². The second-order valence-corrected chi connectivity index (χ2v) is 18.5. The van der Waals surface area contributed by atoms with E-state index in [-0.39, 0.29) is 17.5 Å². The number of furan rings is 1. The fourth-order valence-electron chi connectivity index (χ4n) is 10.3. The van der Waals surface area contributed by atoms with Gasteiger partial charge in [0.1, 0.15) is 16.7 Å². The van der Waals surface area contributed by atoms with Gasteiger partial charge in [0.15, 0.2) is 29.0 Å². The normalized spacial score (nSPS) is 12.0. The van der Waals surface area contributed by atoms with E-state index in [1.165, 1.54) is 0 Å². The van der Waals surface area contributed by atoms with Crippen LogP contribution in [-0.4, -0.2) is 45.1 Å². The van der Waals surface area contributed by atoms with E-state index in [0.717, 1.165) is 102 Å². The highest BCUT2D eigenvalue weighted by Crippen LogP contribution is 2.54. The molecule has 332 valence electrons. The Morgan fingerprint density at radius 1 is 0.400 bits per heavy atom. The second kappa shape index (κ2) is 14.8. The van der Waals surface area contributed by atoms with Crippen LogP contribution in [0.1, 0.15) is 0 Å². The molecule has 0 unspecified atom stereocenters. The number of nitrogens with zero attached hydrogens (tertiary/aromatic N) is 4. The first-order valence-electron chi connectivity index (χ1n) is 22.5. The second-order valence-electron chi connectivity index (χ2n) is 17.5. The highest BCUT2D eigenvalue weighted by Gasteiger charge is 2.28. The number of para-hydroxylation sites is 2. The van der Waals surface area contributed by atoms with Crippen LogP contribution in [0.4, 0.5) is 0 Å². The van der Waals surface area contributed by atoms with E-state index in [4.69, 9.17) is 14.4 Å². The number of thiophene rings is 1. The summed E-state index contributed by atoms with van der Waals surface area (Å²) in [6.07, 6.45) is 0. The molecule has 11 heteroatoms. The maximum Gasteiger partial charge on any atom is 0.208 e. The third-order valence-corrected chi connectivity index (χ3v) is 14.8. The Morgan fingerprint density at radius 2 is 0.986 bits per heavy atom. The Labute approximate surface area is 400 Å². The van der Waals surface area contributed by atoms with Crippen molar-refractivity contribution in [1.29, 1.82) is 0 Å². The lowest BCUT2D eigenvalue weighted by Gasteiger charge is -2.13. The summed E-state index contributed by atoms with van der Waals surface area (Å²) in [5.41, 5.74) is 7.82. The van der Waals surface area contributed by atoms with Gasteiger partial charge in [0.25, 0.3) is 0 Å². The fraction of sp³-hybridized carbons (Fsp3) is 0. The third-order valence-electron chi connectivity index (χ3n) is 13.6. The van der Waals surface area contributed by atoms with Crippen LogP contribution in [0.2, 0.25) is 0 Å². The molecule has 4 heterocycles. The van der Waals surface area contributed by atoms with E-state index in [1.54, 1.807) is 11.3 Å². The van der Waals surface area contributed by atoms with Crippen molar-refractivity contribution in [2.45, 2.75) is 0 Å². The van der Waals surface area contributed by atoms with Crippen LogP contribution in [0.3, 0.4) is 0 Å². The van der Waals surface area contributed by atoms with E-state index in [2.05, 4.69) is 113 Å². The summed E-state index contributed by atoms with van der Waals surface area (Å²) < 4.78 is 10.7. The Hall–Kier alpha value is -9.45. The average Bonchev–Trinajstić information content (AvgIpc) is 4.08. The van der Waals surface area contributed by atoms with Crippen molar-refractivity contribution >= 4 is 96.8 Å². The van der Waals surface area contributed by atoms with Crippen molar-refractivity contribution < 1.29 is 29.9 Å². The van der Waals surface area contributed by atoms with Gasteiger partial charge in [-0.2, -0.15) is 0 Å². The molecule has 70 heavy (non-hydrogen) atoms. The molecule has 0 spiro atoms. The first kappa shape index (κ1) is 39.7. The first-order valence-corrected chi connectivity index (χ1v) is 23.4. The molecule has 4 aromatic heterocycles. The molecule has 0 fully saturated rings. The zero-order valence-electron chi connectivity index (χ0n) is 36.6. The molecule has 0 atom stereocenters. The van der Waals surface area contributed by atoms with Crippen LogP contribution >= 0.6 is 11.3 Å². The molecule has 14 rings (SSSR count). The van der Waals surface area contributed by atoms with Gasteiger partial charge in [0, 0.05) is 48.1 Å². The minimum Gasteiger partial charge on any atom is -0.504 e. The van der Waals surface area contributed by atoms with E-state index in [9.17, 15) is 25.5 Å². The molecule has 0 radical (unpaired) electrons. The van der Waals surface area contributed by atoms with Crippen molar-refractivity contribution in [1.82, 2.24) is 19.5 Å². The van der Waals surface area contributed by atoms with E-state index < -0.39 is 34.3 Å². The number of aromatic hydroxyl groups is 5. The molecule has 5 N–H and O–H groups in total. The van der Waals surface area contributed by atoms with Crippen LogP contribution in [0, 0.1) is 0 Å². The largest absolute Gasteiger partial charge is 0.504 e. The van der Waals surface area contributed by atoms with Gasteiger partial charge in [-0.25, -0.2) is 15.0 Å². The van der Waals surface area contributed by atoms with E-state index in [1.807, 2.05) is 72.8 Å². The van der Waals surface area contributed by atoms with Crippen molar-refractivity contribution in [2.75, 3.05) is 0 Å². The highest BCUT2D eigenvalue weighted by molar-refractivity contribution is 7.26. The zero-order valence-corrected chi connectivity index (χ0v) is 37.4. The molecule has 0 aliphatic heterocycles. The van der Waals surface area contributed by atoms with Gasteiger partial charge in [0.05, 0.1) is 21.4 Å². The Kier molecular flexibility index (Phi) is 8.38. The smallest absolute Gasteiger partial charge is 0.208 e. The molecule has 14 aromatic rings. The summed E-state index contributed by atoms with van der Waals surface area (Å²) >= 11 is 1.65. The van der Waals surface area contributed by atoms with Crippen LogP contribution in [0.5, 0.6) is 28.7 Å². The summed E-state index contributed by atoms with van der Waals surface area (Å²) in [6.45, 7) is 0. The number of hydrogen-bond donors (Lipinski definition) is 5. The maximum absolute atomic E-state index is 11.1. The minimum atomic E-state index is -1.08. The Balaban J connectivity index is 0.940. The summed E-state index contributed by atoms with van der Waals surface area (Å²) in [7, 11) is 0. The number of hydrogen-bond acceptors (Lipinski definition) is 10. The van der Waals surface area contributed by atoms with Gasteiger partial charge in [0.2, 0.25) is 17.2 Å². The molecule has 0 aliphatic rings. The number of benzene rings is 10. The van der Waals surface area contributed by atoms with Crippen LogP contribution < -0.4 is 0 Å². The third kappa shape index (κ3) is 5.76. The lowest BCUT2D eigenvalue weighted by Crippen LogP contribution is -2.01. The van der Waals surface area contributed by atoms with Gasteiger partial charge < -0.3 is 34.5 Å². The monoisotopic (exact) mass is 926 g/mol. The molecule has 0 aliphatic carbocycles. The zero-order chi connectivity index (χ0) is 46.9. The average molecular weight is 927 g/mol.